The molecule has 1 aliphatic carbocycles. The second-order valence-corrected chi connectivity index (χ2v) is 6.37. The van der Waals surface area contributed by atoms with Gasteiger partial charge in [0.1, 0.15) is 0 Å². The summed E-state index contributed by atoms with van der Waals surface area (Å²) in [6, 6.07) is 9.94. The molecule has 1 nitrogen and oxygen atoms in total. The highest BCUT2D eigenvalue weighted by atomic mass is 35.5. The largest absolute Gasteiger partial charge is 0.296 e. The molecule has 19 heavy (non-hydrogen) atoms. The van der Waals surface area contributed by atoms with Gasteiger partial charge in [0.25, 0.3) is 0 Å². The summed E-state index contributed by atoms with van der Waals surface area (Å²) in [5, 5.41) is 0. The Hall–Kier alpha value is -0.530. The van der Waals surface area contributed by atoms with Crippen LogP contribution >= 0.6 is 11.6 Å². The molecule has 1 aromatic rings. The molecule has 0 atom stereocenters. The van der Waals surface area contributed by atoms with Gasteiger partial charge in [-0.15, -0.1) is 11.6 Å². The van der Waals surface area contributed by atoms with Crippen molar-refractivity contribution >= 4 is 11.6 Å². The molecule has 0 saturated heterocycles. The van der Waals surface area contributed by atoms with Crippen molar-refractivity contribution in [2.75, 3.05) is 12.4 Å². The van der Waals surface area contributed by atoms with E-state index in [1.165, 1.54) is 30.4 Å². The minimum absolute atomic E-state index is 0.619. The van der Waals surface area contributed by atoms with E-state index in [9.17, 15) is 0 Å². The van der Waals surface area contributed by atoms with Crippen molar-refractivity contribution in [1.82, 2.24) is 4.90 Å². The van der Waals surface area contributed by atoms with Gasteiger partial charge in [0, 0.05) is 18.5 Å². The second-order valence-electron chi connectivity index (χ2n) is 5.99. The molecule has 0 bridgehead atoms. The number of benzene rings is 1. The summed E-state index contributed by atoms with van der Waals surface area (Å²) < 4.78 is 0. The monoisotopic (exact) mass is 279 g/mol. The maximum Gasteiger partial charge on any atom is 0.0236 e. The molecule has 2 heteroatoms. The lowest BCUT2D eigenvalue weighted by molar-refractivity contribution is 0.120. The minimum atomic E-state index is 0.619. The molecule has 1 aliphatic rings. The van der Waals surface area contributed by atoms with Crippen LogP contribution in [0.5, 0.6) is 0 Å². The molecule has 1 saturated carbocycles. The van der Waals surface area contributed by atoms with E-state index in [-0.39, 0.29) is 0 Å². The van der Waals surface area contributed by atoms with Crippen LogP contribution < -0.4 is 0 Å². The smallest absolute Gasteiger partial charge is 0.0236 e. The highest BCUT2D eigenvalue weighted by Gasteiger charge is 2.24. The van der Waals surface area contributed by atoms with Crippen molar-refractivity contribution in [3.8, 4) is 0 Å². The molecule has 0 aliphatic heterocycles. The SMILES string of the molecule is CC(C)c1ccc(CN(CCCCl)C2CCC2)cc1. The van der Waals surface area contributed by atoms with Crippen LogP contribution in [0.3, 0.4) is 0 Å². The Morgan fingerprint density at radius 1 is 1.21 bits per heavy atom. The van der Waals surface area contributed by atoms with Gasteiger partial charge in [-0.3, -0.25) is 4.90 Å². The van der Waals surface area contributed by atoms with Crippen molar-refractivity contribution in [1.29, 1.82) is 0 Å². The third-order valence-electron chi connectivity index (χ3n) is 4.20. The van der Waals surface area contributed by atoms with Crippen LogP contribution in [-0.2, 0) is 6.54 Å². The molecule has 106 valence electrons. The Balaban J connectivity index is 1.95. The van der Waals surface area contributed by atoms with Gasteiger partial charge in [-0.1, -0.05) is 44.5 Å². The number of halogens is 1. The predicted molar refractivity (Wildman–Crippen MR) is 83.9 cm³/mol. The topological polar surface area (TPSA) is 3.24 Å². The van der Waals surface area contributed by atoms with Crippen LogP contribution in [0.1, 0.15) is 56.6 Å². The zero-order chi connectivity index (χ0) is 13.7. The van der Waals surface area contributed by atoms with Crippen molar-refractivity contribution < 1.29 is 0 Å². The highest BCUT2D eigenvalue weighted by Crippen LogP contribution is 2.26. The first kappa shape index (κ1) is 14.9. The van der Waals surface area contributed by atoms with Gasteiger partial charge in [-0.2, -0.15) is 0 Å². The third kappa shape index (κ3) is 4.22. The highest BCUT2D eigenvalue weighted by molar-refractivity contribution is 6.17. The van der Waals surface area contributed by atoms with E-state index in [2.05, 4.69) is 43.0 Å². The summed E-state index contributed by atoms with van der Waals surface area (Å²) >= 11 is 5.84. The zero-order valence-electron chi connectivity index (χ0n) is 12.2. The van der Waals surface area contributed by atoms with Crippen LogP contribution in [-0.4, -0.2) is 23.4 Å². The van der Waals surface area contributed by atoms with Crippen molar-refractivity contribution in [2.24, 2.45) is 0 Å². The molecule has 0 unspecified atom stereocenters. The first-order valence-electron chi connectivity index (χ1n) is 7.59. The van der Waals surface area contributed by atoms with E-state index in [0.29, 0.717) is 5.92 Å². The van der Waals surface area contributed by atoms with Crippen LogP contribution in [0, 0.1) is 0 Å². The normalized spacial score (nSPS) is 16.1. The Labute approximate surface area is 123 Å². The lowest BCUT2D eigenvalue weighted by Crippen LogP contribution is -2.40. The minimum Gasteiger partial charge on any atom is -0.296 e. The first-order valence-corrected chi connectivity index (χ1v) is 8.13. The molecule has 0 heterocycles. The van der Waals surface area contributed by atoms with E-state index in [0.717, 1.165) is 31.4 Å². The van der Waals surface area contributed by atoms with Gasteiger partial charge in [0.15, 0.2) is 0 Å². The quantitative estimate of drug-likeness (QED) is 0.649. The molecular weight excluding hydrogens is 254 g/mol. The molecule has 0 aromatic heterocycles. The Kier molecular flexibility index (Phi) is 5.72. The van der Waals surface area contributed by atoms with Crippen LogP contribution in [0.4, 0.5) is 0 Å². The van der Waals surface area contributed by atoms with E-state index >= 15 is 0 Å². The molecule has 1 fully saturated rings. The number of alkyl halides is 1. The summed E-state index contributed by atoms with van der Waals surface area (Å²) in [6.45, 7) is 6.71. The van der Waals surface area contributed by atoms with Crippen molar-refractivity contribution in [2.45, 2.75) is 58.0 Å². The van der Waals surface area contributed by atoms with Crippen molar-refractivity contribution in [3.05, 3.63) is 35.4 Å². The summed E-state index contributed by atoms with van der Waals surface area (Å²) in [5.74, 6) is 1.39. The molecule has 0 radical (unpaired) electrons. The molecule has 2 rings (SSSR count). The standard InChI is InChI=1S/C17H26ClN/c1-14(2)16-9-7-15(8-10-16)13-19(12-4-11-18)17-5-3-6-17/h7-10,14,17H,3-6,11-13H2,1-2H3. The Bertz CT molecular complexity index is 367. The van der Waals surface area contributed by atoms with Gasteiger partial charge in [-0.25, -0.2) is 0 Å². The molecule has 0 amide bonds. The third-order valence-corrected chi connectivity index (χ3v) is 4.47. The summed E-state index contributed by atoms with van der Waals surface area (Å²) in [7, 11) is 0. The number of rotatable bonds is 7. The van der Waals surface area contributed by atoms with E-state index in [1.807, 2.05) is 0 Å². The summed E-state index contributed by atoms with van der Waals surface area (Å²) in [5.41, 5.74) is 2.87. The average molecular weight is 280 g/mol. The number of hydrogen-bond donors (Lipinski definition) is 0. The number of nitrogens with zero attached hydrogens (tertiary/aromatic N) is 1. The Morgan fingerprint density at radius 3 is 2.37 bits per heavy atom. The molecular formula is C17H26ClN. The Morgan fingerprint density at radius 2 is 1.89 bits per heavy atom. The van der Waals surface area contributed by atoms with Gasteiger partial charge >= 0.3 is 0 Å². The summed E-state index contributed by atoms with van der Waals surface area (Å²) in [4.78, 5) is 2.62. The van der Waals surface area contributed by atoms with Crippen LogP contribution in [0.15, 0.2) is 24.3 Å². The average Bonchev–Trinajstić information content (AvgIpc) is 2.34. The van der Waals surface area contributed by atoms with Gasteiger partial charge < -0.3 is 0 Å². The maximum atomic E-state index is 5.84. The lowest BCUT2D eigenvalue weighted by Gasteiger charge is -2.37. The van der Waals surface area contributed by atoms with E-state index < -0.39 is 0 Å². The number of hydrogen-bond acceptors (Lipinski definition) is 1. The van der Waals surface area contributed by atoms with Gasteiger partial charge in [0.05, 0.1) is 0 Å². The molecule has 1 aromatic carbocycles. The fourth-order valence-corrected chi connectivity index (χ4v) is 2.77. The van der Waals surface area contributed by atoms with Gasteiger partial charge in [0.2, 0.25) is 0 Å². The van der Waals surface area contributed by atoms with E-state index in [1.54, 1.807) is 0 Å². The maximum absolute atomic E-state index is 5.84. The predicted octanol–water partition coefficient (Wildman–Crippen LogP) is 4.79. The van der Waals surface area contributed by atoms with Crippen LogP contribution in [0.2, 0.25) is 0 Å². The van der Waals surface area contributed by atoms with E-state index in [4.69, 9.17) is 11.6 Å². The second kappa shape index (κ2) is 7.31. The fraction of sp³-hybridized carbons (Fsp3) is 0.647. The lowest BCUT2D eigenvalue weighted by atomic mass is 9.91. The molecule has 0 spiro atoms. The fourth-order valence-electron chi connectivity index (χ4n) is 2.65. The van der Waals surface area contributed by atoms with Crippen LogP contribution in [0.25, 0.3) is 0 Å². The van der Waals surface area contributed by atoms with Gasteiger partial charge in [-0.05, 0) is 42.9 Å². The zero-order valence-corrected chi connectivity index (χ0v) is 13.0. The summed E-state index contributed by atoms with van der Waals surface area (Å²) in [6.07, 6.45) is 5.23. The van der Waals surface area contributed by atoms with Crippen molar-refractivity contribution in [3.63, 3.8) is 0 Å². The first-order chi connectivity index (χ1) is 9.20. The molecule has 0 N–H and O–H groups in total.